The van der Waals surface area contributed by atoms with E-state index in [9.17, 15) is 4.79 Å². The lowest BCUT2D eigenvalue weighted by molar-refractivity contribution is 0.0958. The summed E-state index contributed by atoms with van der Waals surface area (Å²) in [4.78, 5) is 21.6. The van der Waals surface area contributed by atoms with Crippen LogP contribution in [0.2, 0.25) is 0 Å². The summed E-state index contributed by atoms with van der Waals surface area (Å²) in [6, 6.07) is 3.77. The lowest BCUT2D eigenvalue weighted by atomic mass is 9.85. The van der Waals surface area contributed by atoms with Crippen molar-refractivity contribution < 1.29 is 9.21 Å². The first-order valence-corrected chi connectivity index (χ1v) is 9.54. The Labute approximate surface area is 150 Å². The summed E-state index contributed by atoms with van der Waals surface area (Å²) in [5.74, 6) is 3.17. The van der Waals surface area contributed by atoms with E-state index >= 15 is 0 Å². The average Bonchev–Trinajstić information content (AvgIpc) is 3.21. The molecule has 6 nitrogen and oxygen atoms in total. The van der Waals surface area contributed by atoms with Crippen molar-refractivity contribution >= 4 is 23.3 Å². The second kappa shape index (κ2) is 6.63. The van der Waals surface area contributed by atoms with Crippen LogP contribution in [0, 0.1) is 5.92 Å². The number of ketones is 1. The van der Waals surface area contributed by atoms with Crippen molar-refractivity contribution in [3.8, 4) is 0 Å². The number of fused-ring (bicyclic) bond motifs is 2. The summed E-state index contributed by atoms with van der Waals surface area (Å²) in [5.41, 5.74) is 1.44. The second-order valence-corrected chi connectivity index (χ2v) is 7.88. The molecule has 7 heteroatoms. The smallest absolute Gasteiger partial charge is 0.253 e. The Bertz CT molecular complexity index is 901. The van der Waals surface area contributed by atoms with Crippen molar-refractivity contribution in [2.75, 3.05) is 5.75 Å². The van der Waals surface area contributed by atoms with Crippen LogP contribution >= 0.6 is 11.8 Å². The number of hydrogen-bond donors (Lipinski definition) is 0. The zero-order chi connectivity index (χ0) is 17.4. The van der Waals surface area contributed by atoms with E-state index in [1.807, 2.05) is 12.1 Å². The fourth-order valence-corrected chi connectivity index (χ4v) is 4.10. The SMILES string of the molecule is CC(C)CCSc1nc2nc3c(cn2n1)C(=O)CC(c1ccco1)C3. The molecular formula is C18H20N4O2S. The quantitative estimate of drug-likeness (QED) is 0.648. The minimum atomic E-state index is 0.0489. The van der Waals surface area contributed by atoms with E-state index in [2.05, 4.69) is 28.9 Å². The number of thioether (sulfide) groups is 1. The fraction of sp³-hybridized carbons (Fsp3) is 0.444. The van der Waals surface area contributed by atoms with Gasteiger partial charge in [0.05, 0.1) is 17.5 Å². The van der Waals surface area contributed by atoms with Gasteiger partial charge in [0.25, 0.3) is 5.78 Å². The molecule has 0 fully saturated rings. The van der Waals surface area contributed by atoms with Gasteiger partial charge in [0.2, 0.25) is 5.16 Å². The van der Waals surface area contributed by atoms with Crippen LogP contribution in [-0.4, -0.2) is 31.1 Å². The van der Waals surface area contributed by atoms with E-state index in [0.29, 0.717) is 35.3 Å². The molecule has 3 heterocycles. The number of rotatable bonds is 5. The highest BCUT2D eigenvalue weighted by Gasteiger charge is 2.30. The number of furan rings is 1. The molecule has 0 aliphatic heterocycles. The van der Waals surface area contributed by atoms with Crippen LogP contribution in [0.3, 0.4) is 0 Å². The number of nitrogens with zero attached hydrogens (tertiary/aromatic N) is 4. The van der Waals surface area contributed by atoms with Crippen molar-refractivity contribution in [1.29, 1.82) is 0 Å². The van der Waals surface area contributed by atoms with Gasteiger partial charge in [-0.15, -0.1) is 5.10 Å². The molecule has 1 aliphatic rings. The van der Waals surface area contributed by atoms with E-state index < -0.39 is 0 Å². The Balaban J connectivity index is 1.60. The van der Waals surface area contributed by atoms with Gasteiger partial charge < -0.3 is 4.42 Å². The third-order valence-electron chi connectivity index (χ3n) is 4.43. The molecule has 0 N–H and O–H groups in total. The Kier molecular flexibility index (Phi) is 4.33. The standard InChI is InChI=1S/C18H20N4O2S/c1-11(2)5-7-25-18-20-17-19-14-8-12(16-4-3-6-24-16)9-15(23)13(14)10-22(17)21-18/h3-4,6,10-12H,5,7-9H2,1-2H3. The highest BCUT2D eigenvalue weighted by molar-refractivity contribution is 7.99. The van der Waals surface area contributed by atoms with Crippen LogP contribution in [0.15, 0.2) is 34.2 Å². The van der Waals surface area contributed by atoms with Gasteiger partial charge in [-0.25, -0.2) is 9.50 Å². The number of carbonyl (C=O) groups is 1. The van der Waals surface area contributed by atoms with Crippen LogP contribution in [0.1, 0.15) is 54.4 Å². The van der Waals surface area contributed by atoms with Crippen LogP contribution in [0.5, 0.6) is 0 Å². The van der Waals surface area contributed by atoms with Crippen LogP contribution in [0.4, 0.5) is 0 Å². The van der Waals surface area contributed by atoms with Gasteiger partial charge >= 0.3 is 0 Å². The van der Waals surface area contributed by atoms with Crippen molar-refractivity contribution in [2.45, 2.75) is 44.2 Å². The number of Topliss-reactive ketones (excluding diaryl/α,β-unsaturated/α-hetero) is 1. The van der Waals surface area contributed by atoms with E-state index in [1.54, 1.807) is 28.7 Å². The van der Waals surface area contributed by atoms with E-state index in [1.165, 1.54) is 0 Å². The summed E-state index contributed by atoms with van der Waals surface area (Å²) in [5, 5.41) is 5.17. The van der Waals surface area contributed by atoms with Gasteiger partial charge in [-0.05, 0) is 24.5 Å². The van der Waals surface area contributed by atoms with Gasteiger partial charge in [0.15, 0.2) is 5.78 Å². The molecule has 1 aliphatic carbocycles. The fourth-order valence-electron chi connectivity index (χ4n) is 3.04. The van der Waals surface area contributed by atoms with Gasteiger partial charge in [-0.1, -0.05) is 25.6 Å². The highest BCUT2D eigenvalue weighted by Crippen LogP contribution is 2.32. The number of hydrogen-bond acceptors (Lipinski definition) is 6. The maximum atomic E-state index is 12.5. The summed E-state index contributed by atoms with van der Waals surface area (Å²) < 4.78 is 7.10. The third-order valence-corrected chi connectivity index (χ3v) is 5.31. The van der Waals surface area contributed by atoms with Crippen molar-refractivity contribution in [3.63, 3.8) is 0 Å². The minimum absolute atomic E-state index is 0.0489. The molecule has 0 aromatic carbocycles. The van der Waals surface area contributed by atoms with Crippen molar-refractivity contribution in [1.82, 2.24) is 19.6 Å². The lowest BCUT2D eigenvalue weighted by Crippen LogP contribution is -2.21. The molecule has 3 aromatic rings. The normalized spacial score (nSPS) is 17.4. The van der Waals surface area contributed by atoms with Gasteiger partial charge in [0.1, 0.15) is 5.76 Å². The molecule has 1 unspecified atom stereocenters. The first kappa shape index (κ1) is 16.3. The average molecular weight is 356 g/mol. The number of aromatic nitrogens is 4. The first-order chi connectivity index (χ1) is 12.1. The predicted octanol–water partition coefficient (Wildman–Crippen LogP) is 3.77. The molecule has 0 bridgehead atoms. The molecule has 3 aromatic heterocycles. The molecule has 4 rings (SSSR count). The minimum Gasteiger partial charge on any atom is -0.469 e. The molecular weight excluding hydrogens is 336 g/mol. The van der Waals surface area contributed by atoms with Gasteiger partial charge in [0, 0.05) is 30.7 Å². The monoisotopic (exact) mass is 356 g/mol. The Morgan fingerprint density at radius 2 is 2.24 bits per heavy atom. The Hall–Kier alpha value is -2.15. The molecule has 1 atom stereocenters. The molecule has 0 saturated heterocycles. The Morgan fingerprint density at radius 1 is 1.36 bits per heavy atom. The van der Waals surface area contributed by atoms with E-state index in [0.717, 1.165) is 23.6 Å². The zero-order valence-electron chi connectivity index (χ0n) is 14.3. The van der Waals surface area contributed by atoms with E-state index in [-0.39, 0.29) is 11.7 Å². The van der Waals surface area contributed by atoms with Crippen molar-refractivity contribution in [2.24, 2.45) is 5.92 Å². The summed E-state index contributed by atoms with van der Waals surface area (Å²) in [6.07, 6.45) is 5.67. The van der Waals surface area contributed by atoms with Crippen LogP contribution in [0.25, 0.3) is 5.78 Å². The molecule has 0 spiro atoms. The molecule has 0 amide bonds. The van der Waals surface area contributed by atoms with Crippen LogP contribution in [-0.2, 0) is 6.42 Å². The highest BCUT2D eigenvalue weighted by atomic mass is 32.2. The topological polar surface area (TPSA) is 73.3 Å². The summed E-state index contributed by atoms with van der Waals surface area (Å²) >= 11 is 1.63. The largest absolute Gasteiger partial charge is 0.469 e. The maximum Gasteiger partial charge on any atom is 0.253 e. The van der Waals surface area contributed by atoms with Crippen molar-refractivity contribution in [3.05, 3.63) is 41.6 Å². The second-order valence-electron chi connectivity index (χ2n) is 6.81. The summed E-state index contributed by atoms with van der Waals surface area (Å²) in [7, 11) is 0. The third kappa shape index (κ3) is 3.33. The zero-order valence-corrected chi connectivity index (χ0v) is 15.1. The van der Waals surface area contributed by atoms with Crippen LogP contribution < -0.4 is 0 Å². The lowest BCUT2D eigenvalue weighted by Gasteiger charge is -2.20. The molecule has 0 radical (unpaired) electrons. The van der Waals surface area contributed by atoms with E-state index in [4.69, 9.17) is 4.42 Å². The molecule has 130 valence electrons. The van der Waals surface area contributed by atoms with Gasteiger partial charge in [-0.3, -0.25) is 4.79 Å². The Morgan fingerprint density at radius 3 is 3.00 bits per heavy atom. The predicted molar refractivity (Wildman–Crippen MR) is 95.1 cm³/mol. The molecule has 0 saturated carbocycles. The maximum absolute atomic E-state index is 12.5. The molecule has 25 heavy (non-hydrogen) atoms. The summed E-state index contributed by atoms with van der Waals surface area (Å²) in [6.45, 7) is 4.41. The number of carbonyl (C=O) groups excluding carboxylic acids is 1. The van der Waals surface area contributed by atoms with Gasteiger partial charge in [-0.2, -0.15) is 4.98 Å². The first-order valence-electron chi connectivity index (χ1n) is 8.56.